The van der Waals surface area contributed by atoms with Crippen LogP contribution < -0.4 is 14.8 Å². The van der Waals surface area contributed by atoms with Gasteiger partial charge in [0.2, 0.25) is 10.0 Å². The van der Waals surface area contributed by atoms with E-state index in [0.29, 0.717) is 24.4 Å². The minimum Gasteiger partial charge on any atom is -0.495 e. The monoisotopic (exact) mass is 308 g/mol. The van der Waals surface area contributed by atoms with E-state index in [4.69, 9.17) is 4.74 Å². The van der Waals surface area contributed by atoms with Crippen LogP contribution in [0.3, 0.4) is 0 Å². The van der Waals surface area contributed by atoms with E-state index in [0.717, 1.165) is 5.56 Å². The van der Waals surface area contributed by atoms with Crippen LogP contribution in [0.25, 0.3) is 0 Å². The van der Waals surface area contributed by atoms with Crippen LogP contribution in [0.15, 0.2) is 17.0 Å². The van der Waals surface area contributed by atoms with Gasteiger partial charge in [0.05, 0.1) is 7.11 Å². The Morgan fingerprint density at radius 1 is 1.21 bits per heavy atom. The van der Waals surface area contributed by atoms with Crippen molar-refractivity contribution in [2.75, 3.05) is 27.2 Å². The van der Waals surface area contributed by atoms with Crippen LogP contribution in [0.4, 0.5) is 0 Å². The van der Waals surface area contributed by atoms with Gasteiger partial charge in [0.1, 0.15) is 10.6 Å². The highest BCUT2D eigenvalue weighted by Gasteiger charge is 2.21. The van der Waals surface area contributed by atoms with E-state index in [1.54, 1.807) is 20.0 Å². The topological polar surface area (TPSA) is 67.4 Å². The summed E-state index contributed by atoms with van der Waals surface area (Å²) < 4.78 is 32.1. The second-order valence-electron chi connectivity index (χ2n) is 4.11. The molecule has 0 amide bonds. The lowest BCUT2D eigenvalue weighted by Gasteiger charge is -2.14. The SMILES string of the molecule is CNCCNS(=O)(=O)c1c(C)cc(C)cc1OC.Cl. The fourth-order valence-corrected chi connectivity index (χ4v) is 3.20. The van der Waals surface area contributed by atoms with Crippen LogP contribution in [-0.2, 0) is 10.0 Å². The maximum Gasteiger partial charge on any atom is 0.244 e. The molecule has 0 aliphatic heterocycles. The van der Waals surface area contributed by atoms with Crippen molar-refractivity contribution in [1.82, 2.24) is 10.0 Å². The van der Waals surface area contributed by atoms with Crippen LogP contribution in [0, 0.1) is 13.8 Å². The Labute approximate surface area is 121 Å². The van der Waals surface area contributed by atoms with Crippen molar-refractivity contribution in [3.8, 4) is 5.75 Å². The molecule has 0 spiro atoms. The molecule has 19 heavy (non-hydrogen) atoms. The summed E-state index contributed by atoms with van der Waals surface area (Å²) in [6.45, 7) is 4.59. The highest BCUT2D eigenvalue weighted by atomic mass is 35.5. The second kappa shape index (κ2) is 7.69. The third-order valence-corrected chi connectivity index (χ3v) is 4.19. The van der Waals surface area contributed by atoms with Gasteiger partial charge in [-0.1, -0.05) is 6.07 Å². The Morgan fingerprint density at radius 2 is 1.84 bits per heavy atom. The number of sulfonamides is 1. The van der Waals surface area contributed by atoms with E-state index in [2.05, 4.69) is 10.0 Å². The Kier molecular flexibility index (Phi) is 7.36. The van der Waals surface area contributed by atoms with Gasteiger partial charge in [0, 0.05) is 13.1 Å². The molecule has 0 saturated carbocycles. The molecule has 1 aromatic rings. The smallest absolute Gasteiger partial charge is 0.244 e. The van der Waals surface area contributed by atoms with E-state index < -0.39 is 10.0 Å². The number of rotatable bonds is 6. The van der Waals surface area contributed by atoms with Gasteiger partial charge in [-0.05, 0) is 38.1 Å². The van der Waals surface area contributed by atoms with E-state index >= 15 is 0 Å². The number of ether oxygens (including phenoxy) is 1. The van der Waals surface area contributed by atoms with Crippen LogP contribution >= 0.6 is 12.4 Å². The quantitative estimate of drug-likeness (QED) is 0.776. The third kappa shape index (κ3) is 4.65. The van der Waals surface area contributed by atoms with Crippen molar-refractivity contribution < 1.29 is 13.2 Å². The van der Waals surface area contributed by atoms with Gasteiger partial charge < -0.3 is 10.1 Å². The minimum atomic E-state index is -3.54. The number of nitrogens with one attached hydrogen (secondary N) is 2. The predicted octanol–water partition coefficient (Wildman–Crippen LogP) is 1.23. The average Bonchev–Trinajstić information content (AvgIpc) is 2.27. The number of aryl methyl sites for hydroxylation is 2. The first-order valence-corrected chi connectivity index (χ1v) is 7.20. The van der Waals surface area contributed by atoms with Gasteiger partial charge in [0.15, 0.2) is 0 Å². The Hall–Kier alpha value is -0.820. The zero-order valence-corrected chi connectivity index (χ0v) is 13.2. The summed E-state index contributed by atoms with van der Waals surface area (Å²) in [5.74, 6) is 0.379. The molecule has 0 heterocycles. The van der Waals surface area contributed by atoms with E-state index in [1.165, 1.54) is 7.11 Å². The standard InChI is InChI=1S/C12H20N2O3S.ClH/c1-9-7-10(2)12(11(8-9)17-4)18(15,16)14-6-5-13-3;/h7-8,13-14H,5-6H2,1-4H3;1H. The fourth-order valence-electron chi connectivity index (χ4n) is 1.79. The van der Waals surface area contributed by atoms with Crippen molar-refractivity contribution in [3.05, 3.63) is 23.3 Å². The summed E-state index contributed by atoms with van der Waals surface area (Å²) in [4.78, 5) is 0.215. The number of likely N-dealkylation sites (N-methyl/N-ethyl adjacent to an activating group) is 1. The number of hydrogen-bond acceptors (Lipinski definition) is 4. The molecule has 5 nitrogen and oxygen atoms in total. The first-order valence-electron chi connectivity index (χ1n) is 5.72. The van der Waals surface area contributed by atoms with E-state index in [-0.39, 0.29) is 17.3 Å². The van der Waals surface area contributed by atoms with Crippen LogP contribution in [0.5, 0.6) is 5.75 Å². The lowest BCUT2D eigenvalue weighted by atomic mass is 10.1. The highest BCUT2D eigenvalue weighted by molar-refractivity contribution is 7.89. The first kappa shape index (κ1) is 18.2. The van der Waals surface area contributed by atoms with Gasteiger partial charge >= 0.3 is 0 Å². The highest BCUT2D eigenvalue weighted by Crippen LogP contribution is 2.28. The van der Waals surface area contributed by atoms with Gasteiger partial charge in [-0.25, -0.2) is 13.1 Å². The maximum absolute atomic E-state index is 12.2. The zero-order valence-electron chi connectivity index (χ0n) is 11.6. The summed E-state index contributed by atoms with van der Waals surface area (Å²) in [5, 5.41) is 2.89. The van der Waals surface area contributed by atoms with Gasteiger partial charge in [-0.15, -0.1) is 12.4 Å². The van der Waals surface area contributed by atoms with E-state index in [1.807, 2.05) is 13.0 Å². The van der Waals surface area contributed by atoms with Crippen molar-refractivity contribution in [1.29, 1.82) is 0 Å². The molecular weight excluding hydrogens is 288 g/mol. The Balaban J connectivity index is 0.00000324. The lowest BCUT2D eigenvalue weighted by Crippen LogP contribution is -2.31. The molecular formula is C12H21ClN2O3S. The fraction of sp³-hybridized carbons (Fsp3) is 0.500. The molecule has 0 atom stereocenters. The molecule has 0 saturated heterocycles. The average molecular weight is 309 g/mol. The molecule has 110 valence electrons. The Morgan fingerprint density at radius 3 is 2.37 bits per heavy atom. The molecule has 0 unspecified atom stereocenters. The predicted molar refractivity (Wildman–Crippen MR) is 78.8 cm³/mol. The normalized spacial score (nSPS) is 10.9. The van der Waals surface area contributed by atoms with Gasteiger partial charge in [-0.2, -0.15) is 0 Å². The first-order chi connectivity index (χ1) is 8.42. The Bertz CT molecular complexity index is 518. The number of halogens is 1. The molecule has 0 aliphatic rings. The molecule has 0 aromatic heterocycles. The molecule has 0 fully saturated rings. The third-order valence-electron chi connectivity index (χ3n) is 2.54. The molecule has 0 radical (unpaired) electrons. The maximum atomic E-state index is 12.2. The van der Waals surface area contributed by atoms with Gasteiger partial charge in [-0.3, -0.25) is 0 Å². The molecule has 2 N–H and O–H groups in total. The molecule has 1 rings (SSSR count). The molecule has 7 heteroatoms. The summed E-state index contributed by atoms with van der Waals surface area (Å²) >= 11 is 0. The zero-order chi connectivity index (χ0) is 13.8. The largest absolute Gasteiger partial charge is 0.495 e. The number of hydrogen-bond donors (Lipinski definition) is 2. The van der Waals surface area contributed by atoms with Crippen molar-refractivity contribution in [3.63, 3.8) is 0 Å². The number of methoxy groups -OCH3 is 1. The van der Waals surface area contributed by atoms with Crippen LogP contribution in [-0.4, -0.2) is 35.7 Å². The molecule has 1 aromatic carbocycles. The van der Waals surface area contributed by atoms with Crippen LogP contribution in [0.1, 0.15) is 11.1 Å². The van der Waals surface area contributed by atoms with Crippen molar-refractivity contribution in [2.45, 2.75) is 18.7 Å². The minimum absolute atomic E-state index is 0. The molecule has 0 aliphatic carbocycles. The van der Waals surface area contributed by atoms with E-state index in [9.17, 15) is 8.42 Å². The summed E-state index contributed by atoms with van der Waals surface area (Å²) in [5.41, 5.74) is 1.65. The second-order valence-corrected chi connectivity index (χ2v) is 5.82. The number of benzene rings is 1. The lowest BCUT2D eigenvalue weighted by molar-refractivity contribution is 0.401. The summed E-state index contributed by atoms with van der Waals surface area (Å²) in [6.07, 6.45) is 0. The summed E-state index contributed by atoms with van der Waals surface area (Å²) in [7, 11) is -0.295. The van der Waals surface area contributed by atoms with Crippen molar-refractivity contribution in [2.24, 2.45) is 0 Å². The van der Waals surface area contributed by atoms with Gasteiger partial charge in [0.25, 0.3) is 0 Å². The molecule has 0 bridgehead atoms. The summed E-state index contributed by atoms with van der Waals surface area (Å²) in [6, 6.07) is 3.55. The van der Waals surface area contributed by atoms with Crippen molar-refractivity contribution >= 4 is 22.4 Å². The van der Waals surface area contributed by atoms with Crippen LogP contribution in [0.2, 0.25) is 0 Å².